The zero-order chi connectivity index (χ0) is 11.0. The van der Waals surface area contributed by atoms with Gasteiger partial charge in [-0.1, -0.05) is 11.6 Å². The predicted molar refractivity (Wildman–Crippen MR) is 64.1 cm³/mol. The third-order valence-corrected chi connectivity index (χ3v) is 2.82. The van der Waals surface area contributed by atoms with E-state index in [9.17, 15) is 4.79 Å². The van der Waals surface area contributed by atoms with Crippen LogP contribution in [0.5, 0.6) is 0 Å². The summed E-state index contributed by atoms with van der Waals surface area (Å²) in [5.74, 6) is 0. The Morgan fingerprint density at radius 2 is 2.27 bits per heavy atom. The van der Waals surface area contributed by atoms with Crippen molar-refractivity contribution in [1.82, 2.24) is 9.55 Å². The Kier molecular flexibility index (Phi) is 2.63. The van der Waals surface area contributed by atoms with E-state index < -0.39 is 0 Å². The fourth-order valence-corrected chi connectivity index (χ4v) is 2.00. The van der Waals surface area contributed by atoms with Crippen molar-refractivity contribution in [2.24, 2.45) is 0 Å². The molecule has 0 spiro atoms. The van der Waals surface area contributed by atoms with E-state index in [1.807, 2.05) is 6.92 Å². The van der Waals surface area contributed by atoms with Gasteiger partial charge in [0.15, 0.2) is 4.77 Å². The highest BCUT2D eigenvalue weighted by Crippen LogP contribution is 2.14. The van der Waals surface area contributed by atoms with Gasteiger partial charge in [-0.3, -0.25) is 9.36 Å². The number of benzene rings is 1. The van der Waals surface area contributed by atoms with Crippen molar-refractivity contribution in [2.45, 2.75) is 13.5 Å². The number of aromatic amines is 1. The molecule has 0 saturated carbocycles. The van der Waals surface area contributed by atoms with E-state index in [4.69, 9.17) is 23.8 Å². The number of halogens is 1. The van der Waals surface area contributed by atoms with Crippen LogP contribution in [0.3, 0.4) is 0 Å². The Morgan fingerprint density at radius 3 is 2.93 bits per heavy atom. The van der Waals surface area contributed by atoms with Crippen LogP contribution in [0.15, 0.2) is 23.0 Å². The highest BCUT2D eigenvalue weighted by molar-refractivity contribution is 7.71. The molecule has 0 saturated heterocycles. The second kappa shape index (κ2) is 3.79. The summed E-state index contributed by atoms with van der Waals surface area (Å²) in [4.78, 5) is 14.9. The van der Waals surface area contributed by atoms with Gasteiger partial charge in [0.2, 0.25) is 0 Å². The van der Waals surface area contributed by atoms with Crippen molar-refractivity contribution >= 4 is 34.7 Å². The Hall–Kier alpha value is -1.13. The topological polar surface area (TPSA) is 37.8 Å². The SMILES string of the molecule is CCn1c(=S)[nH]c2ccc(Cl)cc2c1=O. The van der Waals surface area contributed by atoms with Crippen molar-refractivity contribution in [3.63, 3.8) is 0 Å². The molecule has 0 unspecified atom stereocenters. The van der Waals surface area contributed by atoms with E-state index >= 15 is 0 Å². The van der Waals surface area contributed by atoms with E-state index in [0.29, 0.717) is 21.7 Å². The minimum absolute atomic E-state index is 0.0984. The van der Waals surface area contributed by atoms with Gasteiger partial charge in [-0.25, -0.2) is 0 Å². The summed E-state index contributed by atoms with van der Waals surface area (Å²) in [5, 5.41) is 1.12. The maximum Gasteiger partial charge on any atom is 0.262 e. The number of nitrogens with zero attached hydrogens (tertiary/aromatic N) is 1. The van der Waals surface area contributed by atoms with Gasteiger partial charge in [0, 0.05) is 11.6 Å². The first-order valence-electron chi connectivity index (χ1n) is 4.56. The van der Waals surface area contributed by atoms with Crippen LogP contribution in [0, 0.1) is 4.77 Å². The lowest BCUT2D eigenvalue weighted by molar-refractivity contribution is 0.705. The van der Waals surface area contributed by atoms with Gasteiger partial charge in [0.1, 0.15) is 0 Å². The summed E-state index contributed by atoms with van der Waals surface area (Å²) in [7, 11) is 0. The molecule has 0 atom stereocenters. The van der Waals surface area contributed by atoms with E-state index in [1.165, 1.54) is 4.57 Å². The first-order chi connectivity index (χ1) is 7.13. The highest BCUT2D eigenvalue weighted by Gasteiger charge is 2.04. The predicted octanol–water partition coefficient (Wildman–Crippen LogP) is 2.73. The lowest BCUT2D eigenvalue weighted by Gasteiger charge is -2.04. The average molecular weight is 241 g/mol. The molecule has 0 aliphatic carbocycles. The van der Waals surface area contributed by atoms with Crippen molar-refractivity contribution in [3.8, 4) is 0 Å². The zero-order valence-electron chi connectivity index (χ0n) is 8.08. The summed E-state index contributed by atoms with van der Waals surface area (Å²) in [5.41, 5.74) is 0.623. The molecular formula is C10H9ClN2OS. The summed E-state index contributed by atoms with van der Waals surface area (Å²) >= 11 is 10.9. The molecule has 0 radical (unpaired) electrons. The summed E-state index contributed by atoms with van der Waals surface area (Å²) in [6, 6.07) is 5.14. The first-order valence-corrected chi connectivity index (χ1v) is 5.34. The molecule has 1 aromatic heterocycles. The second-order valence-corrected chi connectivity index (χ2v) is 3.99. The van der Waals surface area contributed by atoms with Crippen LogP contribution in [-0.4, -0.2) is 9.55 Å². The molecule has 0 aliphatic rings. The number of aromatic nitrogens is 2. The molecule has 1 heterocycles. The number of fused-ring (bicyclic) bond motifs is 1. The van der Waals surface area contributed by atoms with Crippen LogP contribution in [-0.2, 0) is 6.54 Å². The van der Waals surface area contributed by atoms with E-state index in [-0.39, 0.29) is 5.56 Å². The molecule has 2 rings (SSSR count). The third-order valence-electron chi connectivity index (χ3n) is 2.26. The molecule has 0 aliphatic heterocycles. The molecule has 3 nitrogen and oxygen atoms in total. The number of H-pyrrole nitrogens is 1. The molecule has 2 aromatic rings. The largest absolute Gasteiger partial charge is 0.332 e. The van der Waals surface area contributed by atoms with Crippen LogP contribution in [0.4, 0.5) is 0 Å². The molecule has 5 heteroatoms. The van der Waals surface area contributed by atoms with E-state index in [0.717, 1.165) is 5.52 Å². The van der Waals surface area contributed by atoms with Gasteiger partial charge in [-0.2, -0.15) is 0 Å². The third kappa shape index (κ3) is 1.70. The standard InChI is InChI=1S/C10H9ClN2OS/c1-2-13-9(14)7-5-6(11)3-4-8(7)12-10(13)15/h3-5H,2H2,1H3,(H,12,15). The molecule has 0 fully saturated rings. The lowest BCUT2D eigenvalue weighted by Crippen LogP contribution is -2.21. The molecule has 0 amide bonds. The van der Waals surface area contributed by atoms with Crippen LogP contribution in [0.2, 0.25) is 5.02 Å². The summed E-state index contributed by atoms with van der Waals surface area (Å²) in [6.45, 7) is 2.43. The smallest absolute Gasteiger partial charge is 0.262 e. The average Bonchev–Trinajstić information content (AvgIpc) is 2.20. The summed E-state index contributed by atoms with van der Waals surface area (Å²) in [6.07, 6.45) is 0. The maximum atomic E-state index is 12.0. The normalized spacial score (nSPS) is 10.8. The lowest BCUT2D eigenvalue weighted by atomic mass is 10.2. The van der Waals surface area contributed by atoms with Gasteiger partial charge < -0.3 is 4.98 Å². The number of hydrogen-bond acceptors (Lipinski definition) is 2. The maximum absolute atomic E-state index is 12.0. The van der Waals surface area contributed by atoms with Crippen molar-refractivity contribution in [1.29, 1.82) is 0 Å². The molecule has 1 aromatic carbocycles. The quantitative estimate of drug-likeness (QED) is 0.779. The van der Waals surface area contributed by atoms with Gasteiger partial charge in [0.25, 0.3) is 5.56 Å². The molecule has 78 valence electrons. The molecule has 15 heavy (non-hydrogen) atoms. The van der Waals surface area contributed by atoms with E-state index in [1.54, 1.807) is 18.2 Å². The van der Waals surface area contributed by atoms with Crippen LogP contribution in [0.25, 0.3) is 10.9 Å². The second-order valence-electron chi connectivity index (χ2n) is 3.17. The first kappa shape index (κ1) is 10.4. The Bertz CT molecular complexity index is 629. The van der Waals surface area contributed by atoms with Crippen molar-refractivity contribution in [2.75, 3.05) is 0 Å². The summed E-state index contributed by atoms with van der Waals surface area (Å²) < 4.78 is 1.95. The van der Waals surface area contributed by atoms with Gasteiger partial charge in [-0.15, -0.1) is 0 Å². The Balaban J connectivity index is 2.99. The Morgan fingerprint density at radius 1 is 1.53 bits per heavy atom. The van der Waals surface area contributed by atoms with Crippen LogP contribution < -0.4 is 5.56 Å². The van der Waals surface area contributed by atoms with Crippen LogP contribution >= 0.6 is 23.8 Å². The molecule has 1 N–H and O–H groups in total. The molecule has 0 bridgehead atoms. The fraction of sp³-hybridized carbons (Fsp3) is 0.200. The monoisotopic (exact) mass is 240 g/mol. The minimum atomic E-state index is -0.0984. The van der Waals surface area contributed by atoms with Gasteiger partial charge >= 0.3 is 0 Å². The zero-order valence-corrected chi connectivity index (χ0v) is 9.65. The Labute approximate surface area is 96.3 Å². The van der Waals surface area contributed by atoms with Gasteiger partial charge in [-0.05, 0) is 37.3 Å². The fourth-order valence-electron chi connectivity index (χ4n) is 1.51. The number of rotatable bonds is 1. The number of nitrogens with one attached hydrogen (secondary N) is 1. The van der Waals surface area contributed by atoms with Gasteiger partial charge in [0.05, 0.1) is 10.9 Å². The highest BCUT2D eigenvalue weighted by atomic mass is 35.5. The van der Waals surface area contributed by atoms with E-state index in [2.05, 4.69) is 4.98 Å². The molecular weight excluding hydrogens is 232 g/mol. The van der Waals surface area contributed by atoms with Crippen molar-refractivity contribution < 1.29 is 0 Å². The van der Waals surface area contributed by atoms with Crippen molar-refractivity contribution in [3.05, 3.63) is 38.3 Å². The number of hydrogen-bond donors (Lipinski definition) is 1. The van der Waals surface area contributed by atoms with Crippen LogP contribution in [0.1, 0.15) is 6.92 Å². The minimum Gasteiger partial charge on any atom is -0.332 e.